The van der Waals surface area contributed by atoms with Crippen LogP contribution in [-0.2, 0) is 4.79 Å². The molecule has 4 nitrogen and oxygen atoms in total. The van der Waals surface area contributed by atoms with Gasteiger partial charge in [0.2, 0.25) is 5.91 Å². The molecule has 1 aromatic carbocycles. The van der Waals surface area contributed by atoms with Gasteiger partial charge in [-0.05, 0) is 51.5 Å². The van der Waals surface area contributed by atoms with E-state index in [-0.39, 0.29) is 12.2 Å². The van der Waals surface area contributed by atoms with Gasteiger partial charge in [-0.3, -0.25) is 9.69 Å². The molecule has 2 rings (SSSR count). The molecule has 1 aromatic rings. The van der Waals surface area contributed by atoms with E-state index >= 15 is 0 Å². The van der Waals surface area contributed by atoms with Crippen molar-refractivity contribution in [2.45, 2.75) is 25.3 Å². The Labute approximate surface area is 123 Å². The van der Waals surface area contributed by atoms with Gasteiger partial charge in [0.1, 0.15) is 17.3 Å². The van der Waals surface area contributed by atoms with Gasteiger partial charge in [0, 0.05) is 6.04 Å². The highest BCUT2D eigenvalue weighted by atomic mass is 19.1. The Kier molecular flexibility index (Phi) is 5.64. The summed E-state index contributed by atoms with van der Waals surface area (Å²) < 4.78 is 27.0. The minimum absolute atomic E-state index is 0.123. The Balaban J connectivity index is 1.91. The standard InChI is InChI=1S/C15H21F2N3O/c1-20(11-4-3-8-18-9-7-11)10-14(21)19-15-12(16)5-2-6-13(15)17/h2,5-6,11,18H,3-4,7-10H2,1H3,(H,19,21). The summed E-state index contributed by atoms with van der Waals surface area (Å²) in [5.41, 5.74) is -0.376. The first kappa shape index (κ1) is 15.9. The number of carbonyl (C=O) groups is 1. The molecule has 1 unspecified atom stereocenters. The average Bonchev–Trinajstić information content (AvgIpc) is 2.72. The van der Waals surface area contributed by atoms with Gasteiger partial charge in [0.15, 0.2) is 0 Å². The molecular formula is C15H21F2N3O. The molecule has 1 saturated heterocycles. The van der Waals surface area contributed by atoms with Crippen molar-refractivity contribution in [2.75, 3.05) is 32.0 Å². The Bertz CT molecular complexity index is 468. The van der Waals surface area contributed by atoms with Crippen LogP contribution in [0.2, 0.25) is 0 Å². The van der Waals surface area contributed by atoms with Crippen molar-refractivity contribution >= 4 is 11.6 Å². The lowest BCUT2D eigenvalue weighted by Crippen LogP contribution is -2.38. The minimum atomic E-state index is -0.760. The Hall–Kier alpha value is -1.53. The van der Waals surface area contributed by atoms with Crippen LogP contribution in [0.4, 0.5) is 14.5 Å². The van der Waals surface area contributed by atoms with Crippen molar-refractivity contribution in [2.24, 2.45) is 0 Å². The van der Waals surface area contributed by atoms with Crippen molar-refractivity contribution in [3.63, 3.8) is 0 Å². The fourth-order valence-electron chi connectivity index (χ4n) is 2.59. The Morgan fingerprint density at radius 2 is 2.05 bits per heavy atom. The average molecular weight is 297 g/mol. The topological polar surface area (TPSA) is 44.4 Å². The van der Waals surface area contributed by atoms with Crippen LogP contribution in [0.25, 0.3) is 0 Å². The molecule has 1 aliphatic heterocycles. The molecule has 1 amide bonds. The first-order valence-electron chi connectivity index (χ1n) is 7.22. The van der Waals surface area contributed by atoms with E-state index < -0.39 is 17.5 Å². The number of rotatable bonds is 4. The van der Waals surface area contributed by atoms with Crippen LogP contribution in [0, 0.1) is 11.6 Å². The lowest BCUT2D eigenvalue weighted by Gasteiger charge is -2.26. The number of para-hydroxylation sites is 1. The summed E-state index contributed by atoms with van der Waals surface area (Å²) in [7, 11) is 1.87. The first-order valence-corrected chi connectivity index (χ1v) is 7.22. The van der Waals surface area contributed by atoms with E-state index in [0.29, 0.717) is 6.04 Å². The predicted octanol–water partition coefficient (Wildman–Crippen LogP) is 1.98. The molecular weight excluding hydrogens is 276 g/mol. The third-order valence-corrected chi connectivity index (χ3v) is 3.79. The normalized spacial score (nSPS) is 19.3. The summed E-state index contributed by atoms with van der Waals surface area (Å²) in [6.45, 7) is 2.05. The zero-order valence-corrected chi connectivity index (χ0v) is 12.2. The van der Waals surface area contributed by atoms with Crippen LogP contribution in [-0.4, -0.2) is 43.5 Å². The second-order valence-corrected chi connectivity index (χ2v) is 5.39. The van der Waals surface area contributed by atoms with Gasteiger partial charge in [0.05, 0.1) is 6.54 Å². The molecule has 6 heteroatoms. The largest absolute Gasteiger partial charge is 0.320 e. The van der Waals surface area contributed by atoms with Crippen LogP contribution in [0.3, 0.4) is 0 Å². The summed E-state index contributed by atoms with van der Waals surface area (Å²) in [6, 6.07) is 3.83. The second-order valence-electron chi connectivity index (χ2n) is 5.39. The lowest BCUT2D eigenvalue weighted by molar-refractivity contribution is -0.117. The highest BCUT2D eigenvalue weighted by Gasteiger charge is 2.20. The first-order chi connectivity index (χ1) is 10.1. The monoisotopic (exact) mass is 297 g/mol. The number of amides is 1. The number of benzene rings is 1. The molecule has 1 heterocycles. The maximum absolute atomic E-state index is 13.5. The van der Waals surface area contributed by atoms with Gasteiger partial charge in [-0.1, -0.05) is 6.07 Å². The number of hydrogen-bond donors (Lipinski definition) is 2. The van der Waals surface area contributed by atoms with E-state index in [0.717, 1.165) is 44.5 Å². The summed E-state index contributed by atoms with van der Waals surface area (Å²) in [5, 5.41) is 5.63. The number of likely N-dealkylation sites (N-methyl/N-ethyl adjacent to an activating group) is 1. The Morgan fingerprint density at radius 3 is 2.76 bits per heavy atom. The summed E-state index contributed by atoms with van der Waals surface area (Å²) in [5.74, 6) is -1.92. The minimum Gasteiger partial charge on any atom is -0.320 e. The van der Waals surface area contributed by atoms with Gasteiger partial charge in [-0.15, -0.1) is 0 Å². The highest BCUT2D eigenvalue weighted by molar-refractivity contribution is 5.92. The smallest absolute Gasteiger partial charge is 0.238 e. The summed E-state index contributed by atoms with van der Waals surface area (Å²) >= 11 is 0. The van der Waals surface area contributed by atoms with E-state index in [4.69, 9.17) is 0 Å². The highest BCUT2D eigenvalue weighted by Crippen LogP contribution is 2.18. The molecule has 2 N–H and O–H groups in total. The third-order valence-electron chi connectivity index (χ3n) is 3.79. The maximum Gasteiger partial charge on any atom is 0.238 e. The Morgan fingerprint density at radius 1 is 1.33 bits per heavy atom. The van der Waals surface area contributed by atoms with Gasteiger partial charge in [-0.2, -0.15) is 0 Å². The van der Waals surface area contributed by atoms with Gasteiger partial charge in [-0.25, -0.2) is 8.78 Å². The number of nitrogens with one attached hydrogen (secondary N) is 2. The molecule has 21 heavy (non-hydrogen) atoms. The molecule has 116 valence electrons. The summed E-state index contributed by atoms with van der Waals surface area (Å²) in [6.07, 6.45) is 3.06. The van der Waals surface area contributed by atoms with E-state index in [1.54, 1.807) is 0 Å². The zero-order chi connectivity index (χ0) is 15.2. The van der Waals surface area contributed by atoms with Crippen molar-refractivity contribution in [3.05, 3.63) is 29.8 Å². The molecule has 0 aliphatic carbocycles. The van der Waals surface area contributed by atoms with Crippen LogP contribution in [0.1, 0.15) is 19.3 Å². The summed E-state index contributed by atoms with van der Waals surface area (Å²) in [4.78, 5) is 13.9. The van der Waals surface area contributed by atoms with E-state index in [1.807, 2.05) is 11.9 Å². The number of anilines is 1. The molecule has 0 saturated carbocycles. The van der Waals surface area contributed by atoms with E-state index in [2.05, 4.69) is 10.6 Å². The fourth-order valence-corrected chi connectivity index (χ4v) is 2.59. The number of carbonyl (C=O) groups excluding carboxylic acids is 1. The third kappa shape index (κ3) is 4.47. The molecule has 1 aliphatic rings. The van der Waals surface area contributed by atoms with Gasteiger partial charge < -0.3 is 10.6 Å². The van der Waals surface area contributed by atoms with Crippen LogP contribution in [0.5, 0.6) is 0 Å². The van der Waals surface area contributed by atoms with Crippen LogP contribution >= 0.6 is 0 Å². The van der Waals surface area contributed by atoms with Gasteiger partial charge in [0.25, 0.3) is 0 Å². The van der Waals surface area contributed by atoms with Crippen LogP contribution in [0.15, 0.2) is 18.2 Å². The fraction of sp³-hybridized carbons (Fsp3) is 0.533. The van der Waals surface area contributed by atoms with Gasteiger partial charge >= 0.3 is 0 Å². The second kappa shape index (κ2) is 7.47. The molecule has 1 fully saturated rings. The van der Waals surface area contributed by atoms with E-state index in [9.17, 15) is 13.6 Å². The van der Waals surface area contributed by atoms with Crippen molar-refractivity contribution in [3.8, 4) is 0 Å². The molecule has 1 atom stereocenters. The lowest BCUT2D eigenvalue weighted by atomic mass is 10.1. The SMILES string of the molecule is CN(CC(=O)Nc1c(F)cccc1F)C1CCCNCC1. The molecule has 0 spiro atoms. The van der Waals surface area contributed by atoms with E-state index in [1.165, 1.54) is 6.07 Å². The van der Waals surface area contributed by atoms with Crippen molar-refractivity contribution in [1.29, 1.82) is 0 Å². The number of hydrogen-bond acceptors (Lipinski definition) is 3. The predicted molar refractivity (Wildman–Crippen MR) is 78.1 cm³/mol. The quantitative estimate of drug-likeness (QED) is 0.893. The number of nitrogens with zero attached hydrogens (tertiary/aromatic N) is 1. The zero-order valence-electron chi connectivity index (χ0n) is 12.2. The molecule has 0 bridgehead atoms. The van der Waals surface area contributed by atoms with Crippen molar-refractivity contribution < 1.29 is 13.6 Å². The van der Waals surface area contributed by atoms with Crippen molar-refractivity contribution in [1.82, 2.24) is 10.2 Å². The van der Waals surface area contributed by atoms with Crippen LogP contribution < -0.4 is 10.6 Å². The molecule has 0 aromatic heterocycles. The number of halogens is 2. The maximum atomic E-state index is 13.5. The molecule has 0 radical (unpaired) electrons.